The van der Waals surface area contributed by atoms with Gasteiger partial charge in [-0.05, 0) is 30.7 Å². The molecule has 0 fully saturated rings. The number of rotatable bonds is 2. The van der Waals surface area contributed by atoms with E-state index >= 15 is 0 Å². The van der Waals surface area contributed by atoms with Crippen LogP contribution in [0.4, 0.5) is 0 Å². The monoisotopic (exact) mass is 290 g/mol. The molecule has 0 saturated heterocycles. The van der Waals surface area contributed by atoms with Crippen molar-refractivity contribution in [3.05, 3.63) is 70.8 Å². The first-order valence-electron chi connectivity index (χ1n) is 7.01. The first kappa shape index (κ1) is 14.1. The van der Waals surface area contributed by atoms with Crippen LogP contribution >= 0.6 is 0 Å². The second kappa shape index (κ2) is 5.19. The van der Waals surface area contributed by atoms with Gasteiger partial charge in [0, 0.05) is 16.7 Å². The number of fused-ring (bicyclic) bond motifs is 1. The fraction of sp³-hybridized carbons (Fsp3) is 0.105. The Morgan fingerprint density at radius 3 is 2.36 bits per heavy atom. The molecule has 0 unspecified atom stereocenters. The molecule has 1 aliphatic carbocycles. The van der Waals surface area contributed by atoms with E-state index in [2.05, 4.69) is 0 Å². The van der Waals surface area contributed by atoms with Crippen molar-refractivity contribution in [3.63, 3.8) is 0 Å². The average Bonchev–Trinajstić information content (AvgIpc) is 2.52. The lowest BCUT2D eigenvalue weighted by molar-refractivity contribution is -0.115. The van der Waals surface area contributed by atoms with Crippen molar-refractivity contribution < 1.29 is 14.4 Å². The summed E-state index contributed by atoms with van der Waals surface area (Å²) in [5.74, 6) is -1.04. The van der Waals surface area contributed by atoms with Crippen LogP contribution in [-0.2, 0) is 9.59 Å². The molecule has 0 radical (unpaired) electrons. The Labute approximate surface area is 127 Å². The third-order valence-electron chi connectivity index (χ3n) is 3.93. The zero-order chi connectivity index (χ0) is 15.9. The first-order valence-corrected chi connectivity index (χ1v) is 7.01. The van der Waals surface area contributed by atoms with Crippen LogP contribution in [0, 0.1) is 0 Å². The van der Waals surface area contributed by atoms with Crippen molar-refractivity contribution in [1.29, 1.82) is 0 Å². The minimum Gasteiger partial charge on any atom is -0.289 e. The summed E-state index contributed by atoms with van der Waals surface area (Å²) in [6, 6.07) is 12.9. The molecule has 1 aliphatic rings. The molecule has 108 valence electrons. The molecule has 0 spiro atoms. The maximum Gasteiger partial charge on any atom is 0.197 e. The lowest BCUT2D eigenvalue weighted by atomic mass is 9.86. The van der Waals surface area contributed by atoms with Crippen LogP contribution in [0.2, 0.25) is 0 Å². The number of carbonyl (C=O) groups is 3. The van der Waals surface area contributed by atoms with Crippen molar-refractivity contribution in [2.24, 2.45) is 0 Å². The van der Waals surface area contributed by atoms with E-state index in [4.69, 9.17) is 0 Å². The van der Waals surface area contributed by atoms with Crippen LogP contribution in [-0.4, -0.2) is 17.3 Å². The fourth-order valence-electron chi connectivity index (χ4n) is 2.77. The van der Waals surface area contributed by atoms with E-state index in [1.165, 1.54) is 13.0 Å². The van der Waals surface area contributed by atoms with E-state index in [9.17, 15) is 14.4 Å². The lowest BCUT2D eigenvalue weighted by Gasteiger charge is -2.14. The predicted octanol–water partition coefficient (Wildman–Crippen LogP) is 3.44. The molecule has 3 nitrogen and oxygen atoms in total. The molecule has 22 heavy (non-hydrogen) atoms. The molecule has 0 amide bonds. The summed E-state index contributed by atoms with van der Waals surface area (Å²) < 4.78 is 0. The Balaban J connectivity index is 2.19. The molecular weight excluding hydrogens is 276 g/mol. The van der Waals surface area contributed by atoms with Crippen molar-refractivity contribution in [3.8, 4) is 0 Å². The van der Waals surface area contributed by atoms with Crippen molar-refractivity contribution in [1.82, 2.24) is 0 Å². The second-order valence-electron chi connectivity index (χ2n) is 5.38. The highest BCUT2D eigenvalue weighted by Gasteiger charge is 2.29. The van der Waals surface area contributed by atoms with Gasteiger partial charge >= 0.3 is 0 Å². The van der Waals surface area contributed by atoms with Gasteiger partial charge < -0.3 is 0 Å². The highest BCUT2D eigenvalue weighted by Crippen LogP contribution is 2.26. The maximum atomic E-state index is 12.8. The Bertz CT molecular complexity index is 893. The number of Topliss-reactive ketones (excluding diaryl/α,β-unsaturated/α-hetero) is 2. The Kier molecular flexibility index (Phi) is 3.33. The smallest absolute Gasteiger partial charge is 0.197 e. The van der Waals surface area contributed by atoms with Gasteiger partial charge in [0.05, 0.1) is 5.57 Å². The number of benzene rings is 2. The summed E-state index contributed by atoms with van der Waals surface area (Å²) in [6.07, 6.45) is 1.24. The van der Waals surface area contributed by atoms with E-state index < -0.39 is 11.6 Å². The molecule has 0 bridgehead atoms. The Morgan fingerprint density at radius 2 is 1.59 bits per heavy atom. The quantitative estimate of drug-likeness (QED) is 0.483. The maximum absolute atomic E-state index is 12.8. The van der Waals surface area contributed by atoms with Gasteiger partial charge in [-0.25, -0.2) is 0 Å². The zero-order valence-electron chi connectivity index (χ0n) is 12.3. The van der Waals surface area contributed by atoms with Crippen LogP contribution < -0.4 is 0 Å². The second-order valence-corrected chi connectivity index (χ2v) is 5.38. The third-order valence-corrected chi connectivity index (χ3v) is 3.93. The van der Waals surface area contributed by atoms with Gasteiger partial charge in [0.1, 0.15) is 0 Å². The molecule has 0 aliphatic heterocycles. The molecule has 2 aromatic rings. The number of hydrogen-bond donors (Lipinski definition) is 0. The Hall–Kier alpha value is -2.81. The average molecular weight is 290 g/mol. The molecule has 3 rings (SSSR count). The van der Waals surface area contributed by atoms with Crippen LogP contribution in [0.25, 0.3) is 10.8 Å². The minimum absolute atomic E-state index is 0.0213. The molecular formula is C19H14O3. The largest absolute Gasteiger partial charge is 0.289 e. The van der Waals surface area contributed by atoms with E-state index in [0.717, 1.165) is 10.8 Å². The normalized spacial score (nSPS) is 15.3. The highest BCUT2D eigenvalue weighted by atomic mass is 16.2. The standard InChI is InChI=1S/C19H14O3/c1-11-10-16(20)17(12(2)18(11)21)19(22)15-9-5-7-13-6-3-4-8-14(13)15/h3-10H,1-2H3. The summed E-state index contributed by atoms with van der Waals surface area (Å²) in [7, 11) is 0. The molecule has 0 N–H and O–H groups in total. The molecule has 3 heteroatoms. The molecule has 0 saturated carbocycles. The van der Waals surface area contributed by atoms with E-state index in [1.54, 1.807) is 19.1 Å². The van der Waals surface area contributed by atoms with Crippen LogP contribution in [0.1, 0.15) is 24.2 Å². The van der Waals surface area contributed by atoms with E-state index in [-0.39, 0.29) is 16.9 Å². The molecule has 0 aromatic heterocycles. The summed E-state index contributed by atoms with van der Waals surface area (Å²) in [6.45, 7) is 3.12. The van der Waals surface area contributed by atoms with Gasteiger partial charge in [-0.15, -0.1) is 0 Å². The molecule has 2 aromatic carbocycles. The number of ketones is 3. The lowest BCUT2D eigenvalue weighted by Crippen LogP contribution is -2.22. The van der Waals surface area contributed by atoms with Crippen LogP contribution in [0.15, 0.2) is 65.3 Å². The summed E-state index contributed by atoms with van der Waals surface area (Å²) in [5, 5.41) is 1.70. The number of hydrogen-bond acceptors (Lipinski definition) is 3. The first-order chi connectivity index (χ1) is 10.5. The van der Waals surface area contributed by atoms with Crippen molar-refractivity contribution >= 4 is 28.1 Å². The van der Waals surface area contributed by atoms with Gasteiger partial charge in [0.2, 0.25) is 0 Å². The van der Waals surface area contributed by atoms with Gasteiger partial charge in [0.25, 0.3) is 0 Å². The molecule has 0 heterocycles. The predicted molar refractivity (Wildman–Crippen MR) is 84.7 cm³/mol. The third kappa shape index (κ3) is 2.11. The number of carbonyl (C=O) groups excluding carboxylic acids is 3. The van der Waals surface area contributed by atoms with Crippen LogP contribution in [0.5, 0.6) is 0 Å². The van der Waals surface area contributed by atoms with Crippen LogP contribution in [0.3, 0.4) is 0 Å². The van der Waals surface area contributed by atoms with Gasteiger partial charge in [-0.3, -0.25) is 14.4 Å². The number of allylic oxidation sites excluding steroid dienone is 4. The zero-order valence-corrected chi connectivity index (χ0v) is 12.3. The SMILES string of the molecule is CC1=CC(=O)C(C(=O)c2cccc3ccccc23)=C(C)C1=O. The van der Waals surface area contributed by atoms with Crippen molar-refractivity contribution in [2.75, 3.05) is 0 Å². The summed E-state index contributed by atoms with van der Waals surface area (Å²) in [5.41, 5.74) is 1.02. The topological polar surface area (TPSA) is 51.2 Å². The van der Waals surface area contributed by atoms with Crippen molar-refractivity contribution in [2.45, 2.75) is 13.8 Å². The fourth-order valence-corrected chi connectivity index (χ4v) is 2.77. The van der Waals surface area contributed by atoms with Gasteiger partial charge in [0.15, 0.2) is 17.3 Å². The summed E-state index contributed by atoms with van der Waals surface area (Å²) in [4.78, 5) is 37.1. The van der Waals surface area contributed by atoms with Gasteiger partial charge in [-0.2, -0.15) is 0 Å². The Morgan fingerprint density at radius 1 is 0.909 bits per heavy atom. The van der Waals surface area contributed by atoms with E-state index in [0.29, 0.717) is 11.1 Å². The minimum atomic E-state index is -0.396. The highest BCUT2D eigenvalue weighted by molar-refractivity contribution is 6.38. The van der Waals surface area contributed by atoms with Gasteiger partial charge in [-0.1, -0.05) is 42.5 Å². The van der Waals surface area contributed by atoms with E-state index in [1.807, 2.05) is 30.3 Å². The summed E-state index contributed by atoms with van der Waals surface area (Å²) >= 11 is 0. The molecule has 0 atom stereocenters.